The van der Waals surface area contributed by atoms with Crippen molar-refractivity contribution in [2.75, 3.05) is 13.1 Å². The van der Waals surface area contributed by atoms with E-state index >= 15 is 0 Å². The normalized spacial score (nSPS) is 14.4. The summed E-state index contributed by atoms with van der Waals surface area (Å²) in [6.45, 7) is 5.75. The van der Waals surface area contributed by atoms with E-state index in [0.717, 1.165) is 57.1 Å². The van der Waals surface area contributed by atoms with Gasteiger partial charge in [0.25, 0.3) is 0 Å². The SMILES string of the molecule is CCNC(=NCc1ccsc1)NCCCn1nc2n(c1=O)CCCC2. The fourth-order valence-electron chi connectivity index (χ4n) is 2.92. The Hall–Kier alpha value is -2.09. The van der Waals surface area contributed by atoms with Crippen LogP contribution in [0.3, 0.4) is 0 Å². The molecule has 0 saturated carbocycles. The Morgan fingerprint density at radius 1 is 1.40 bits per heavy atom. The number of aliphatic imine (C=N–C) groups is 1. The average molecular weight is 363 g/mol. The zero-order chi connectivity index (χ0) is 17.5. The lowest BCUT2D eigenvalue weighted by Gasteiger charge is -2.10. The molecule has 2 aromatic rings. The summed E-state index contributed by atoms with van der Waals surface area (Å²) in [5.41, 5.74) is 1.25. The second-order valence-electron chi connectivity index (χ2n) is 6.14. The maximum absolute atomic E-state index is 12.3. The van der Waals surface area contributed by atoms with Crippen molar-refractivity contribution >= 4 is 17.3 Å². The van der Waals surface area contributed by atoms with Gasteiger partial charge in [-0.2, -0.15) is 16.4 Å². The van der Waals surface area contributed by atoms with Crippen LogP contribution in [0.15, 0.2) is 26.6 Å². The van der Waals surface area contributed by atoms with Gasteiger partial charge in [0.15, 0.2) is 5.96 Å². The molecule has 136 valence electrons. The molecule has 0 spiro atoms. The molecule has 3 rings (SSSR count). The first-order chi connectivity index (χ1) is 12.3. The summed E-state index contributed by atoms with van der Waals surface area (Å²) in [6, 6.07) is 2.09. The van der Waals surface area contributed by atoms with Gasteiger partial charge in [0, 0.05) is 32.6 Å². The third-order valence-corrected chi connectivity index (χ3v) is 4.95. The summed E-state index contributed by atoms with van der Waals surface area (Å²) in [5, 5.41) is 15.2. The smallest absolute Gasteiger partial charge is 0.345 e. The quantitative estimate of drug-likeness (QED) is 0.445. The third-order valence-electron chi connectivity index (χ3n) is 4.21. The topological polar surface area (TPSA) is 76.2 Å². The summed E-state index contributed by atoms with van der Waals surface area (Å²) in [7, 11) is 0. The summed E-state index contributed by atoms with van der Waals surface area (Å²) in [6.07, 6.45) is 3.96. The highest BCUT2D eigenvalue weighted by Crippen LogP contribution is 2.09. The Balaban J connectivity index is 1.48. The first-order valence-electron chi connectivity index (χ1n) is 8.97. The van der Waals surface area contributed by atoms with Gasteiger partial charge >= 0.3 is 5.69 Å². The van der Waals surface area contributed by atoms with E-state index in [1.54, 1.807) is 16.0 Å². The van der Waals surface area contributed by atoms with E-state index in [4.69, 9.17) is 0 Å². The van der Waals surface area contributed by atoms with Gasteiger partial charge in [0.1, 0.15) is 5.82 Å². The highest BCUT2D eigenvalue weighted by Gasteiger charge is 2.16. The first kappa shape index (κ1) is 17.7. The van der Waals surface area contributed by atoms with Crippen LogP contribution in [0.25, 0.3) is 0 Å². The van der Waals surface area contributed by atoms with Crippen LogP contribution >= 0.6 is 11.3 Å². The molecule has 3 heterocycles. The number of fused-ring (bicyclic) bond motifs is 1. The molecule has 0 amide bonds. The van der Waals surface area contributed by atoms with Gasteiger partial charge in [0.2, 0.25) is 0 Å². The number of nitrogens with one attached hydrogen (secondary N) is 2. The van der Waals surface area contributed by atoms with Crippen molar-refractivity contribution in [1.29, 1.82) is 0 Å². The number of hydrogen-bond donors (Lipinski definition) is 2. The number of hydrogen-bond acceptors (Lipinski definition) is 4. The fourth-order valence-corrected chi connectivity index (χ4v) is 3.58. The number of nitrogens with zero attached hydrogens (tertiary/aromatic N) is 4. The number of rotatable bonds is 7. The summed E-state index contributed by atoms with van der Waals surface area (Å²) in [4.78, 5) is 16.9. The van der Waals surface area contributed by atoms with Gasteiger partial charge in [-0.1, -0.05) is 0 Å². The molecule has 0 radical (unpaired) electrons. The van der Waals surface area contributed by atoms with Crippen LogP contribution in [0, 0.1) is 0 Å². The molecular weight excluding hydrogens is 336 g/mol. The lowest BCUT2D eigenvalue weighted by molar-refractivity contribution is 0.509. The highest BCUT2D eigenvalue weighted by atomic mass is 32.1. The lowest BCUT2D eigenvalue weighted by atomic mass is 10.2. The van der Waals surface area contributed by atoms with Crippen LogP contribution in [0.5, 0.6) is 0 Å². The molecule has 0 fully saturated rings. The van der Waals surface area contributed by atoms with E-state index in [2.05, 4.69) is 44.5 Å². The monoisotopic (exact) mass is 362 g/mol. The van der Waals surface area contributed by atoms with E-state index in [-0.39, 0.29) is 5.69 Å². The Morgan fingerprint density at radius 3 is 3.08 bits per heavy atom. The number of aromatic nitrogens is 3. The van der Waals surface area contributed by atoms with Gasteiger partial charge in [-0.25, -0.2) is 14.5 Å². The second-order valence-corrected chi connectivity index (χ2v) is 6.92. The molecule has 0 aliphatic carbocycles. The maximum atomic E-state index is 12.3. The van der Waals surface area contributed by atoms with Crippen molar-refractivity contribution < 1.29 is 0 Å². The molecule has 8 heteroatoms. The fraction of sp³-hybridized carbons (Fsp3) is 0.588. The van der Waals surface area contributed by atoms with Gasteiger partial charge < -0.3 is 10.6 Å². The van der Waals surface area contributed by atoms with E-state index in [9.17, 15) is 4.79 Å². The van der Waals surface area contributed by atoms with Crippen LogP contribution in [0.2, 0.25) is 0 Å². The molecule has 25 heavy (non-hydrogen) atoms. The summed E-state index contributed by atoms with van der Waals surface area (Å²) in [5.74, 6) is 1.75. The first-order valence-corrected chi connectivity index (χ1v) is 9.92. The van der Waals surface area contributed by atoms with Gasteiger partial charge in [-0.3, -0.25) is 4.57 Å². The molecular formula is C17H26N6OS. The molecule has 0 unspecified atom stereocenters. The van der Waals surface area contributed by atoms with Crippen molar-refractivity contribution in [3.05, 3.63) is 38.7 Å². The van der Waals surface area contributed by atoms with Crippen LogP contribution < -0.4 is 16.3 Å². The summed E-state index contributed by atoms with van der Waals surface area (Å²) >= 11 is 1.68. The van der Waals surface area contributed by atoms with Crippen molar-refractivity contribution in [3.8, 4) is 0 Å². The molecule has 0 saturated heterocycles. The molecule has 0 atom stereocenters. The van der Waals surface area contributed by atoms with E-state index in [1.807, 2.05) is 4.57 Å². The Labute approximate surface area is 151 Å². The Bertz CT molecular complexity index is 746. The predicted octanol–water partition coefficient (Wildman–Crippen LogP) is 1.59. The van der Waals surface area contributed by atoms with Gasteiger partial charge in [-0.05, 0) is 48.6 Å². The van der Waals surface area contributed by atoms with Gasteiger partial charge in [-0.15, -0.1) is 0 Å². The van der Waals surface area contributed by atoms with Crippen LogP contribution in [-0.4, -0.2) is 33.4 Å². The second kappa shape index (κ2) is 8.84. The zero-order valence-electron chi connectivity index (χ0n) is 14.7. The predicted molar refractivity (Wildman–Crippen MR) is 101 cm³/mol. The van der Waals surface area contributed by atoms with Crippen molar-refractivity contribution in [1.82, 2.24) is 25.0 Å². The third kappa shape index (κ3) is 4.72. The van der Waals surface area contributed by atoms with Crippen LogP contribution in [0.4, 0.5) is 0 Å². The maximum Gasteiger partial charge on any atom is 0.345 e. The minimum atomic E-state index is 0.0349. The number of thiophene rings is 1. The van der Waals surface area contributed by atoms with Crippen molar-refractivity contribution in [2.24, 2.45) is 4.99 Å². The average Bonchev–Trinajstić information content (AvgIpc) is 3.25. The molecule has 2 N–H and O–H groups in total. The summed E-state index contributed by atoms with van der Waals surface area (Å²) < 4.78 is 3.43. The highest BCUT2D eigenvalue weighted by molar-refractivity contribution is 7.07. The Morgan fingerprint density at radius 2 is 2.32 bits per heavy atom. The van der Waals surface area contributed by atoms with E-state index in [1.165, 1.54) is 5.56 Å². The molecule has 7 nitrogen and oxygen atoms in total. The zero-order valence-corrected chi connectivity index (χ0v) is 15.5. The minimum absolute atomic E-state index is 0.0349. The molecule has 2 aromatic heterocycles. The van der Waals surface area contributed by atoms with Crippen molar-refractivity contribution in [2.45, 2.75) is 52.2 Å². The molecule has 0 aromatic carbocycles. The van der Waals surface area contributed by atoms with Crippen molar-refractivity contribution in [3.63, 3.8) is 0 Å². The molecule has 0 bridgehead atoms. The molecule has 1 aliphatic rings. The van der Waals surface area contributed by atoms with Crippen LogP contribution in [0.1, 0.15) is 37.6 Å². The van der Waals surface area contributed by atoms with Crippen LogP contribution in [-0.2, 0) is 26.1 Å². The lowest BCUT2D eigenvalue weighted by Crippen LogP contribution is -2.38. The number of aryl methyl sites for hydroxylation is 2. The standard InChI is InChI=1S/C17H26N6OS/c1-2-18-16(20-12-14-7-11-25-13-14)19-8-5-10-23-17(24)22-9-4-3-6-15(22)21-23/h7,11,13H,2-6,8-10,12H2,1H3,(H2,18,19,20). The van der Waals surface area contributed by atoms with Gasteiger partial charge in [0.05, 0.1) is 6.54 Å². The number of guanidine groups is 1. The molecule has 1 aliphatic heterocycles. The van der Waals surface area contributed by atoms with E-state index in [0.29, 0.717) is 13.1 Å². The Kier molecular flexibility index (Phi) is 6.27. The largest absolute Gasteiger partial charge is 0.357 e. The minimum Gasteiger partial charge on any atom is -0.357 e. The van der Waals surface area contributed by atoms with E-state index < -0.39 is 0 Å².